The number of methoxy groups -OCH3 is 1. The average Bonchev–Trinajstić information content (AvgIpc) is 3.06. The molecule has 1 aromatic carbocycles. The maximum Gasteiger partial charge on any atom is 0.234 e. The number of carbonyl (C=O) groups is 1. The Hall–Kier alpha value is -2.34. The Morgan fingerprint density at radius 3 is 2.83 bits per heavy atom. The lowest BCUT2D eigenvalue weighted by Gasteiger charge is -2.20. The molecule has 0 radical (unpaired) electrons. The van der Waals surface area contributed by atoms with Crippen molar-refractivity contribution in [2.75, 3.05) is 20.2 Å². The monoisotopic (exact) mass is 320 g/mol. The second-order valence-corrected chi connectivity index (χ2v) is 5.13. The predicted molar refractivity (Wildman–Crippen MR) is 84.5 cm³/mol. The predicted octanol–water partition coefficient (Wildman–Crippen LogP) is 2.57. The molecule has 2 rings (SSSR count). The van der Waals surface area contributed by atoms with Crippen LogP contribution in [0.1, 0.15) is 18.2 Å². The lowest BCUT2D eigenvalue weighted by atomic mass is 10.2. The summed E-state index contributed by atoms with van der Waals surface area (Å²) in [4.78, 5) is 13.9. The van der Waals surface area contributed by atoms with Crippen LogP contribution in [0.4, 0.5) is 4.39 Å². The second kappa shape index (κ2) is 8.33. The Morgan fingerprint density at radius 2 is 2.22 bits per heavy atom. The molecule has 0 saturated carbocycles. The zero-order valence-electron chi connectivity index (χ0n) is 13.3. The summed E-state index contributed by atoms with van der Waals surface area (Å²) in [5.74, 6) is 0.423. The molecule has 0 saturated heterocycles. The maximum atomic E-state index is 13.7. The summed E-state index contributed by atoms with van der Waals surface area (Å²) in [7, 11) is 1.43. The fraction of sp³-hybridized carbons (Fsp3) is 0.353. The van der Waals surface area contributed by atoms with E-state index in [1.165, 1.54) is 13.2 Å². The van der Waals surface area contributed by atoms with Gasteiger partial charge in [-0.25, -0.2) is 4.39 Å². The number of hydrogen-bond donors (Lipinski definition) is 1. The number of benzene rings is 1. The highest BCUT2D eigenvalue weighted by Crippen LogP contribution is 2.18. The van der Waals surface area contributed by atoms with Gasteiger partial charge in [-0.1, -0.05) is 13.0 Å². The molecule has 23 heavy (non-hydrogen) atoms. The van der Waals surface area contributed by atoms with Gasteiger partial charge in [0.25, 0.3) is 0 Å². The van der Waals surface area contributed by atoms with Crippen LogP contribution in [-0.4, -0.2) is 31.0 Å². The molecule has 0 aliphatic heterocycles. The molecule has 0 fully saturated rings. The van der Waals surface area contributed by atoms with E-state index in [9.17, 15) is 9.18 Å². The number of hydrogen-bond acceptors (Lipinski definition) is 4. The Balaban J connectivity index is 1.86. The highest BCUT2D eigenvalue weighted by Gasteiger charge is 2.11. The van der Waals surface area contributed by atoms with Crippen LogP contribution < -0.4 is 10.1 Å². The minimum absolute atomic E-state index is 0.0998. The fourth-order valence-corrected chi connectivity index (χ4v) is 2.20. The van der Waals surface area contributed by atoms with E-state index in [4.69, 9.17) is 9.15 Å². The fourth-order valence-electron chi connectivity index (χ4n) is 2.20. The molecule has 0 atom stereocenters. The van der Waals surface area contributed by atoms with Crippen molar-refractivity contribution < 1.29 is 18.3 Å². The van der Waals surface area contributed by atoms with E-state index >= 15 is 0 Å². The molecule has 0 bridgehead atoms. The molecule has 124 valence electrons. The minimum Gasteiger partial charge on any atom is -0.494 e. The smallest absolute Gasteiger partial charge is 0.234 e. The van der Waals surface area contributed by atoms with Crippen molar-refractivity contribution in [2.45, 2.75) is 20.0 Å². The molecule has 1 N–H and O–H groups in total. The summed E-state index contributed by atoms with van der Waals surface area (Å²) < 4.78 is 23.8. The Morgan fingerprint density at radius 1 is 1.39 bits per heavy atom. The first kappa shape index (κ1) is 17.0. The topological polar surface area (TPSA) is 54.7 Å². The minimum atomic E-state index is -0.400. The molecule has 0 unspecified atom stereocenters. The van der Waals surface area contributed by atoms with Crippen LogP contribution in [0.2, 0.25) is 0 Å². The highest BCUT2D eigenvalue weighted by molar-refractivity contribution is 5.77. The number of amides is 1. The second-order valence-electron chi connectivity index (χ2n) is 5.13. The number of nitrogens with one attached hydrogen (secondary N) is 1. The normalized spacial score (nSPS) is 10.8. The number of carbonyl (C=O) groups excluding carboxylic acids is 1. The summed E-state index contributed by atoms with van der Waals surface area (Å²) in [5.41, 5.74) is 0.795. The third-order valence-corrected chi connectivity index (χ3v) is 3.48. The Labute approximate surface area is 135 Å². The first-order valence-corrected chi connectivity index (χ1v) is 7.46. The summed E-state index contributed by atoms with van der Waals surface area (Å²) in [6.07, 6.45) is 1.57. The average molecular weight is 320 g/mol. The van der Waals surface area contributed by atoms with Crippen LogP contribution >= 0.6 is 0 Å². The van der Waals surface area contributed by atoms with Crippen LogP contribution in [0.25, 0.3) is 0 Å². The lowest BCUT2D eigenvalue weighted by Crippen LogP contribution is -2.36. The Kier molecular flexibility index (Phi) is 6.17. The summed E-state index contributed by atoms with van der Waals surface area (Å²) in [5, 5.41) is 2.80. The van der Waals surface area contributed by atoms with Gasteiger partial charge in [-0.2, -0.15) is 0 Å². The summed E-state index contributed by atoms with van der Waals surface area (Å²) in [6.45, 7) is 3.73. The van der Waals surface area contributed by atoms with Crippen molar-refractivity contribution in [3.8, 4) is 5.75 Å². The third kappa shape index (κ3) is 5.10. The van der Waals surface area contributed by atoms with Crippen LogP contribution in [-0.2, 0) is 17.9 Å². The van der Waals surface area contributed by atoms with Crippen LogP contribution in [0, 0.1) is 5.82 Å². The molecule has 0 spiro atoms. The van der Waals surface area contributed by atoms with Gasteiger partial charge in [0.1, 0.15) is 5.76 Å². The number of rotatable bonds is 8. The largest absolute Gasteiger partial charge is 0.494 e. The molecule has 1 aromatic heterocycles. The van der Waals surface area contributed by atoms with Gasteiger partial charge in [0.05, 0.1) is 26.5 Å². The first-order chi connectivity index (χ1) is 11.1. The van der Waals surface area contributed by atoms with Crippen molar-refractivity contribution in [1.29, 1.82) is 0 Å². The van der Waals surface area contributed by atoms with Gasteiger partial charge in [0, 0.05) is 6.54 Å². The number of ether oxygens (including phenoxy) is 1. The standard InChI is InChI=1S/C17H21FN2O3/c1-3-20(11-13-6-7-16(22-2)15(18)9-13)12-17(21)19-10-14-5-4-8-23-14/h4-9H,3,10-12H2,1-2H3,(H,19,21). The molecule has 6 heteroatoms. The van der Waals surface area contributed by atoms with E-state index < -0.39 is 5.82 Å². The molecular weight excluding hydrogens is 299 g/mol. The van der Waals surface area contributed by atoms with E-state index in [1.807, 2.05) is 11.8 Å². The van der Waals surface area contributed by atoms with Gasteiger partial charge in [0.15, 0.2) is 11.6 Å². The van der Waals surface area contributed by atoms with Gasteiger partial charge >= 0.3 is 0 Å². The van der Waals surface area contributed by atoms with Crippen molar-refractivity contribution >= 4 is 5.91 Å². The highest BCUT2D eigenvalue weighted by atomic mass is 19.1. The molecule has 0 aliphatic carbocycles. The van der Waals surface area contributed by atoms with Crippen molar-refractivity contribution in [2.24, 2.45) is 0 Å². The molecule has 2 aromatic rings. The Bertz CT molecular complexity index is 629. The van der Waals surface area contributed by atoms with E-state index in [-0.39, 0.29) is 18.2 Å². The van der Waals surface area contributed by atoms with E-state index in [1.54, 1.807) is 30.5 Å². The van der Waals surface area contributed by atoms with Crippen molar-refractivity contribution in [3.63, 3.8) is 0 Å². The summed E-state index contributed by atoms with van der Waals surface area (Å²) >= 11 is 0. The van der Waals surface area contributed by atoms with Crippen LogP contribution in [0.15, 0.2) is 41.0 Å². The maximum absolute atomic E-state index is 13.7. The molecular formula is C17H21FN2O3. The van der Waals surface area contributed by atoms with E-state index in [0.717, 1.165) is 5.56 Å². The van der Waals surface area contributed by atoms with Gasteiger partial charge in [-0.15, -0.1) is 0 Å². The van der Waals surface area contributed by atoms with Crippen molar-refractivity contribution in [3.05, 3.63) is 53.7 Å². The number of likely N-dealkylation sites (N-methyl/N-ethyl adjacent to an activating group) is 1. The quantitative estimate of drug-likeness (QED) is 0.812. The van der Waals surface area contributed by atoms with E-state index in [2.05, 4.69) is 5.32 Å². The number of nitrogens with zero attached hydrogens (tertiary/aromatic N) is 1. The van der Waals surface area contributed by atoms with Crippen LogP contribution in [0.3, 0.4) is 0 Å². The number of furan rings is 1. The van der Waals surface area contributed by atoms with Gasteiger partial charge < -0.3 is 14.5 Å². The van der Waals surface area contributed by atoms with Gasteiger partial charge in [0.2, 0.25) is 5.91 Å². The molecule has 1 heterocycles. The lowest BCUT2D eigenvalue weighted by molar-refractivity contribution is -0.122. The number of halogens is 1. The van der Waals surface area contributed by atoms with Crippen LogP contribution in [0.5, 0.6) is 5.75 Å². The summed E-state index contributed by atoms with van der Waals surface area (Å²) in [6, 6.07) is 8.40. The molecule has 5 nitrogen and oxygen atoms in total. The third-order valence-electron chi connectivity index (χ3n) is 3.48. The SMILES string of the molecule is CCN(CC(=O)NCc1ccco1)Cc1ccc(OC)c(F)c1. The molecule has 1 amide bonds. The zero-order chi connectivity index (χ0) is 16.7. The van der Waals surface area contributed by atoms with Crippen molar-refractivity contribution in [1.82, 2.24) is 10.2 Å². The molecule has 0 aliphatic rings. The van der Waals surface area contributed by atoms with Gasteiger partial charge in [-0.05, 0) is 36.4 Å². The van der Waals surface area contributed by atoms with Gasteiger partial charge in [-0.3, -0.25) is 9.69 Å². The zero-order valence-corrected chi connectivity index (χ0v) is 13.3. The van der Waals surface area contributed by atoms with E-state index in [0.29, 0.717) is 25.4 Å². The first-order valence-electron chi connectivity index (χ1n) is 7.46.